The van der Waals surface area contributed by atoms with E-state index in [2.05, 4.69) is 5.29 Å². The molecule has 0 amide bonds. The summed E-state index contributed by atoms with van der Waals surface area (Å²) in [6, 6.07) is 13.4. The Kier molecular flexibility index (Phi) is 3.92. The highest BCUT2D eigenvalue weighted by Crippen LogP contribution is 2.27. The third-order valence-electron chi connectivity index (χ3n) is 2.67. The van der Waals surface area contributed by atoms with Crippen LogP contribution in [0.5, 0.6) is 0 Å². The predicted octanol–water partition coefficient (Wildman–Crippen LogP) is 4.36. The lowest BCUT2D eigenvalue weighted by Crippen LogP contribution is -2.07. The van der Waals surface area contributed by atoms with Crippen LogP contribution in [0.25, 0.3) is 0 Å². The average molecular weight is 275 g/mol. The van der Waals surface area contributed by atoms with E-state index in [4.69, 9.17) is 11.6 Å². The zero-order chi connectivity index (χ0) is 13.8. The van der Waals surface area contributed by atoms with Crippen LogP contribution in [0.2, 0.25) is 5.02 Å². The van der Waals surface area contributed by atoms with Crippen LogP contribution in [0.4, 0.5) is 11.4 Å². The van der Waals surface area contributed by atoms with E-state index >= 15 is 0 Å². The highest BCUT2D eigenvalue weighted by molar-refractivity contribution is 6.30. The van der Waals surface area contributed by atoms with E-state index < -0.39 is 0 Å². The van der Waals surface area contributed by atoms with Crippen molar-refractivity contribution in [3.63, 3.8) is 0 Å². The fourth-order valence-electron chi connectivity index (χ4n) is 1.66. The van der Waals surface area contributed by atoms with Gasteiger partial charge >= 0.3 is 0 Å². The van der Waals surface area contributed by atoms with Gasteiger partial charge in [0.05, 0.1) is 16.7 Å². The normalized spacial score (nSPS) is 10.0. The first kappa shape index (κ1) is 13.2. The molecule has 0 radical (unpaired) electrons. The first-order chi connectivity index (χ1) is 9.11. The Morgan fingerprint density at radius 3 is 1.89 bits per heavy atom. The number of ketones is 1. The molecule has 96 valence electrons. The molecule has 0 unspecified atom stereocenters. The summed E-state index contributed by atoms with van der Waals surface area (Å²) in [5.74, 6) is -0.0244. The Hall–Kier alpha value is -2.20. The molecule has 2 rings (SSSR count). The molecule has 0 aliphatic rings. The van der Waals surface area contributed by atoms with E-state index in [0.717, 1.165) is 0 Å². The minimum atomic E-state index is -0.0244. The topological polar surface area (TPSA) is 49.7 Å². The van der Waals surface area contributed by atoms with E-state index in [-0.39, 0.29) is 5.78 Å². The van der Waals surface area contributed by atoms with Crippen LogP contribution in [0, 0.1) is 4.91 Å². The number of anilines is 2. The lowest BCUT2D eigenvalue weighted by molar-refractivity contribution is 0.101. The fourth-order valence-corrected chi connectivity index (χ4v) is 1.79. The summed E-state index contributed by atoms with van der Waals surface area (Å²) in [5, 5.41) is 4.81. The first-order valence-corrected chi connectivity index (χ1v) is 5.99. The molecule has 0 aliphatic carbocycles. The SMILES string of the molecule is CC(=O)c1ccc(N(N=O)c2ccc(Cl)cc2)cc1. The molecule has 0 spiro atoms. The van der Waals surface area contributed by atoms with Crippen LogP contribution in [0.1, 0.15) is 17.3 Å². The Morgan fingerprint density at radius 1 is 1.00 bits per heavy atom. The minimum absolute atomic E-state index is 0.0244. The molecule has 5 heteroatoms. The van der Waals surface area contributed by atoms with Crippen LogP contribution in [-0.2, 0) is 0 Å². The molecule has 0 atom stereocenters. The minimum Gasteiger partial charge on any atom is -0.295 e. The second-order valence-corrected chi connectivity index (χ2v) is 4.41. The van der Waals surface area contributed by atoms with Crippen molar-refractivity contribution >= 4 is 28.8 Å². The summed E-state index contributed by atoms with van der Waals surface area (Å²) < 4.78 is 0. The van der Waals surface area contributed by atoms with Crippen LogP contribution in [-0.4, -0.2) is 5.78 Å². The molecule has 0 heterocycles. The number of Topliss-reactive ketones (excluding diaryl/α,β-unsaturated/α-hetero) is 1. The molecule has 0 aliphatic heterocycles. The molecular formula is C14H11ClN2O2. The summed E-state index contributed by atoms with van der Waals surface area (Å²) in [6.07, 6.45) is 0. The molecule has 2 aromatic rings. The Balaban J connectivity index is 2.34. The number of halogens is 1. The maximum atomic E-state index is 11.2. The van der Waals surface area contributed by atoms with Gasteiger partial charge in [-0.25, -0.2) is 0 Å². The maximum Gasteiger partial charge on any atom is 0.159 e. The number of benzene rings is 2. The number of hydrogen-bond acceptors (Lipinski definition) is 3. The van der Waals surface area contributed by atoms with Gasteiger partial charge < -0.3 is 0 Å². The van der Waals surface area contributed by atoms with E-state index in [9.17, 15) is 9.70 Å². The fraction of sp³-hybridized carbons (Fsp3) is 0.0714. The van der Waals surface area contributed by atoms with Gasteiger partial charge in [0.15, 0.2) is 5.78 Å². The second-order valence-electron chi connectivity index (χ2n) is 3.97. The molecule has 0 saturated heterocycles. The number of hydrogen-bond donors (Lipinski definition) is 0. The maximum absolute atomic E-state index is 11.2. The molecule has 4 nitrogen and oxygen atoms in total. The van der Waals surface area contributed by atoms with Crippen molar-refractivity contribution < 1.29 is 4.79 Å². The summed E-state index contributed by atoms with van der Waals surface area (Å²) in [4.78, 5) is 22.2. The zero-order valence-electron chi connectivity index (χ0n) is 10.2. The molecule has 0 bridgehead atoms. The van der Waals surface area contributed by atoms with Gasteiger partial charge in [0, 0.05) is 10.6 Å². The van der Waals surface area contributed by atoms with E-state index in [0.29, 0.717) is 22.0 Å². The Labute approximate surface area is 115 Å². The van der Waals surface area contributed by atoms with Crippen molar-refractivity contribution in [2.24, 2.45) is 5.29 Å². The molecule has 0 aromatic heterocycles. The van der Waals surface area contributed by atoms with Gasteiger partial charge in [0.1, 0.15) is 0 Å². The molecule has 0 saturated carbocycles. The summed E-state index contributed by atoms with van der Waals surface area (Å²) in [5.41, 5.74) is 1.78. The van der Waals surface area contributed by atoms with E-state index in [1.54, 1.807) is 48.5 Å². The van der Waals surface area contributed by atoms with Crippen molar-refractivity contribution in [2.75, 3.05) is 5.01 Å². The summed E-state index contributed by atoms with van der Waals surface area (Å²) in [7, 11) is 0. The van der Waals surface area contributed by atoms with Crippen molar-refractivity contribution in [1.29, 1.82) is 0 Å². The van der Waals surface area contributed by atoms with Gasteiger partial charge in [-0.3, -0.25) is 4.79 Å². The van der Waals surface area contributed by atoms with E-state index in [1.807, 2.05) is 0 Å². The summed E-state index contributed by atoms with van der Waals surface area (Å²) >= 11 is 5.80. The van der Waals surface area contributed by atoms with Crippen LogP contribution >= 0.6 is 11.6 Å². The Morgan fingerprint density at radius 2 is 1.47 bits per heavy atom. The number of carbonyl (C=O) groups is 1. The van der Waals surface area contributed by atoms with Crippen LogP contribution in [0.3, 0.4) is 0 Å². The first-order valence-electron chi connectivity index (χ1n) is 5.62. The number of carbonyl (C=O) groups excluding carboxylic acids is 1. The number of rotatable bonds is 4. The molecule has 19 heavy (non-hydrogen) atoms. The van der Waals surface area contributed by atoms with Gasteiger partial charge in [-0.15, -0.1) is 4.91 Å². The molecular weight excluding hydrogens is 264 g/mol. The average Bonchev–Trinajstić information content (AvgIpc) is 2.42. The number of nitrogens with zero attached hydrogens (tertiary/aromatic N) is 2. The smallest absolute Gasteiger partial charge is 0.159 e. The van der Waals surface area contributed by atoms with Crippen LogP contribution < -0.4 is 5.01 Å². The van der Waals surface area contributed by atoms with Gasteiger partial charge in [-0.1, -0.05) is 11.6 Å². The number of nitroso groups, excluding NO2 is 1. The second kappa shape index (κ2) is 5.63. The zero-order valence-corrected chi connectivity index (χ0v) is 11.0. The summed E-state index contributed by atoms with van der Waals surface area (Å²) in [6.45, 7) is 1.49. The van der Waals surface area contributed by atoms with Gasteiger partial charge in [0.25, 0.3) is 0 Å². The third kappa shape index (κ3) is 2.98. The van der Waals surface area contributed by atoms with E-state index in [1.165, 1.54) is 11.9 Å². The largest absolute Gasteiger partial charge is 0.295 e. The highest BCUT2D eigenvalue weighted by atomic mass is 35.5. The standard InChI is InChI=1S/C14H11ClN2O2/c1-10(18)11-2-6-13(7-3-11)17(16-19)14-8-4-12(15)5-9-14/h2-9H,1H3. The third-order valence-corrected chi connectivity index (χ3v) is 2.92. The Bertz CT molecular complexity index is 594. The van der Waals surface area contributed by atoms with Gasteiger partial charge in [-0.05, 0) is 55.5 Å². The van der Waals surface area contributed by atoms with Crippen molar-refractivity contribution in [2.45, 2.75) is 6.92 Å². The quantitative estimate of drug-likeness (QED) is 0.473. The molecule has 0 N–H and O–H groups in total. The van der Waals surface area contributed by atoms with Crippen molar-refractivity contribution in [3.8, 4) is 0 Å². The molecule has 0 fully saturated rings. The van der Waals surface area contributed by atoms with Crippen LogP contribution in [0.15, 0.2) is 53.8 Å². The lowest BCUT2D eigenvalue weighted by Gasteiger charge is -2.15. The van der Waals surface area contributed by atoms with Crippen molar-refractivity contribution in [3.05, 3.63) is 64.0 Å². The highest BCUT2D eigenvalue weighted by Gasteiger charge is 2.10. The monoisotopic (exact) mass is 274 g/mol. The van der Waals surface area contributed by atoms with Gasteiger partial charge in [-0.2, -0.15) is 5.01 Å². The predicted molar refractivity (Wildman–Crippen MR) is 75.8 cm³/mol. The van der Waals surface area contributed by atoms with Gasteiger partial charge in [0.2, 0.25) is 0 Å². The van der Waals surface area contributed by atoms with Crippen molar-refractivity contribution in [1.82, 2.24) is 0 Å². The molecule has 2 aromatic carbocycles. The lowest BCUT2D eigenvalue weighted by atomic mass is 10.1.